The van der Waals surface area contributed by atoms with Gasteiger partial charge in [-0.15, -0.1) is 0 Å². The predicted molar refractivity (Wildman–Crippen MR) is 81.1 cm³/mol. The molecule has 19 heavy (non-hydrogen) atoms. The second-order valence-electron chi connectivity index (χ2n) is 4.91. The molecule has 0 bridgehead atoms. The third-order valence-electron chi connectivity index (χ3n) is 3.38. The first-order valence-electron chi connectivity index (χ1n) is 6.38. The van der Waals surface area contributed by atoms with Gasteiger partial charge in [-0.2, -0.15) is 0 Å². The summed E-state index contributed by atoms with van der Waals surface area (Å²) in [5.41, 5.74) is 7.85. The maximum absolute atomic E-state index is 6.04. The fourth-order valence-corrected chi connectivity index (χ4v) is 2.44. The molecule has 0 aliphatic heterocycles. The van der Waals surface area contributed by atoms with E-state index in [2.05, 4.69) is 37.5 Å². The van der Waals surface area contributed by atoms with E-state index in [0.717, 1.165) is 17.0 Å². The van der Waals surface area contributed by atoms with Crippen molar-refractivity contribution in [3.8, 4) is 0 Å². The van der Waals surface area contributed by atoms with Crippen LogP contribution in [-0.2, 0) is 6.42 Å². The predicted octanol–water partition coefficient (Wildman–Crippen LogP) is 3.70. The van der Waals surface area contributed by atoms with Crippen molar-refractivity contribution in [3.05, 3.63) is 69.7 Å². The van der Waals surface area contributed by atoms with Crippen molar-refractivity contribution >= 4 is 11.6 Å². The first kappa shape index (κ1) is 14.1. The van der Waals surface area contributed by atoms with Gasteiger partial charge in [-0.25, -0.2) is 0 Å². The maximum Gasteiger partial charge on any atom is 0.0500 e. The van der Waals surface area contributed by atoms with E-state index < -0.39 is 0 Å². The Morgan fingerprint density at radius 3 is 2.63 bits per heavy atom. The number of aryl methyl sites for hydroxylation is 2. The molecule has 0 saturated heterocycles. The van der Waals surface area contributed by atoms with Gasteiger partial charge in [0.1, 0.15) is 0 Å². The molecule has 2 rings (SSSR count). The van der Waals surface area contributed by atoms with Crippen LogP contribution in [0.2, 0.25) is 5.02 Å². The minimum Gasteiger partial charge on any atom is -0.271 e. The number of rotatable bonds is 4. The Kier molecular flexibility index (Phi) is 4.59. The van der Waals surface area contributed by atoms with Gasteiger partial charge in [-0.3, -0.25) is 11.3 Å². The Morgan fingerprint density at radius 1 is 1.16 bits per heavy atom. The van der Waals surface area contributed by atoms with Crippen molar-refractivity contribution in [1.82, 2.24) is 5.43 Å². The lowest BCUT2D eigenvalue weighted by Gasteiger charge is -2.18. The van der Waals surface area contributed by atoms with E-state index in [9.17, 15) is 0 Å². The lowest BCUT2D eigenvalue weighted by Crippen LogP contribution is -2.29. The number of hydrogen-bond acceptors (Lipinski definition) is 2. The van der Waals surface area contributed by atoms with Gasteiger partial charge in [0.25, 0.3) is 0 Å². The largest absolute Gasteiger partial charge is 0.271 e. The summed E-state index contributed by atoms with van der Waals surface area (Å²) in [4.78, 5) is 0. The van der Waals surface area contributed by atoms with Crippen molar-refractivity contribution in [2.75, 3.05) is 0 Å². The third kappa shape index (κ3) is 3.57. The molecular formula is C16H19ClN2. The van der Waals surface area contributed by atoms with E-state index in [1.54, 1.807) is 0 Å². The molecule has 2 nitrogen and oxygen atoms in total. The standard InChI is InChI=1S/C16H19ClN2/c1-11-6-7-12(2)14(8-11)10-16(19-18)13-4-3-5-15(17)9-13/h3-9,16,19H,10,18H2,1-2H3. The van der Waals surface area contributed by atoms with Crippen LogP contribution >= 0.6 is 11.6 Å². The Morgan fingerprint density at radius 2 is 1.95 bits per heavy atom. The molecule has 100 valence electrons. The first-order chi connectivity index (χ1) is 9.10. The third-order valence-corrected chi connectivity index (χ3v) is 3.62. The van der Waals surface area contributed by atoms with E-state index >= 15 is 0 Å². The van der Waals surface area contributed by atoms with Gasteiger partial charge in [0.2, 0.25) is 0 Å². The van der Waals surface area contributed by atoms with Gasteiger partial charge in [0, 0.05) is 5.02 Å². The molecule has 1 unspecified atom stereocenters. The molecule has 0 aromatic heterocycles. The van der Waals surface area contributed by atoms with Crippen LogP contribution in [0.5, 0.6) is 0 Å². The highest BCUT2D eigenvalue weighted by atomic mass is 35.5. The summed E-state index contributed by atoms with van der Waals surface area (Å²) >= 11 is 6.04. The smallest absolute Gasteiger partial charge is 0.0500 e. The highest BCUT2D eigenvalue weighted by molar-refractivity contribution is 6.30. The van der Waals surface area contributed by atoms with Crippen LogP contribution in [0, 0.1) is 13.8 Å². The van der Waals surface area contributed by atoms with Crippen molar-refractivity contribution in [2.24, 2.45) is 5.84 Å². The summed E-state index contributed by atoms with van der Waals surface area (Å²) in [5.74, 6) is 5.70. The molecule has 0 heterocycles. The molecule has 3 heteroatoms. The van der Waals surface area contributed by atoms with E-state index in [4.69, 9.17) is 17.4 Å². The fourth-order valence-electron chi connectivity index (χ4n) is 2.24. The van der Waals surface area contributed by atoms with Crippen molar-refractivity contribution in [3.63, 3.8) is 0 Å². The van der Waals surface area contributed by atoms with E-state index in [1.807, 2.05) is 24.3 Å². The van der Waals surface area contributed by atoms with Crippen molar-refractivity contribution < 1.29 is 0 Å². The summed E-state index contributed by atoms with van der Waals surface area (Å²) in [6, 6.07) is 14.4. The monoisotopic (exact) mass is 274 g/mol. The highest BCUT2D eigenvalue weighted by Crippen LogP contribution is 2.23. The Hall–Kier alpha value is -1.35. The molecule has 0 fully saturated rings. The van der Waals surface area contributed by atoms with Crippen LogP contribution < -0.4 is 11.3 Å². The lowest BCUT2D eigenvalue weighted by atomic mass is 9.95. The topological polar surface area (TPSA) is 38.0 Å². The summed E-state index contributed by atoms with van der Waals surface area (Å²) in [5, 5.41) is 0.735. The molecule has 0 aliphatic rings. The van der Waals surface area contributed by atoms with Crippen LogP contribution in [0.3, 0.4) is 0 Å². The maximum atomic E-state index is 6.04. The van der Waals surface area contributed by atoms with Gasteiger partial charge in [0.15, 0.2) is 0 Å². The number of nitrogens with one attached hydrogen (secondary N) is 1. The van der Waals surface area contributed by atoms with Crippen molar-refractivity contribution in [1.29, 1.82) is 0 Å². The fraction of sp³-hybridized carbons (Fsp3) is 0.250. The molecule has 2 aromatic rings. The zero-order chi connectivity index (χ0) is 13.8. The van der Waals surface area contributed by atoms with Crippen LogP contribution in [0.25, 0.3) is 0 Å². The quantitative estimate of drug-likeness (QED) is 0.659. The molecule has 0 spiro atoms. The van der Waals surface area contributed by atoms with Crippen molar-refractivity contribution in [2.45, 2.75) is 26.3 Å². The second kappa shape index (κ2) is 6.20. The summed E-state index contributed by atoms with van der Waals surface area (Å²) in [6.07, 6.45) is 0.852. The Labute approximate surface area is 119 Å². The average Bonchev–Trinajstić information content (AvgIpc) is 2.39. The number of hydrogen-bond donors (Lipinski definition) is 2. The van der Waals surface area contributed by atoms with Gasteiger partial charge in [-0.1, -0.05) is 47.5 Å². The van der Waals surface area contributed by atoms with Gasteiger partial charge >= 0.3 is 0 Å². The molecule has 0 radical (unpaired) electrons. The van der Waals surface area contributed by atoms with Crippen LogP contribution in [-0.4, -0.2) is 0 Å². The number of nitrogens with two attached hydrogens (primary N) is 1. The Bertz CT molecular complexity index is 566. The molecule has 3 N–H and O–H groups in total. The Balaban J connectivity index is 2.26. The molecular weight excluding hydrogens is 256 g/mol. The van der Waals surface area contributed by atoms with Crippen LogP contribution in [0.4, 0.5) is 0 Å². The number of benzene rings is 2. The highest BCUT2D eigenvalue weighted by Gasteiger charge is 2.12. The number of hydrazine groups is 1. The molecule has 0 saturated carbocycles. The minimum absolute atomic E-state index is 0.0687. The summed E-state index contributed by atoms with van der Waals surface area (Å²) in [6.45, 7) is 4.23. The number of halogens is 1. The van der Waals surface area contributed by atoms with Gasteiger partial charge < -0.3 is 0 Å². The van der Waals surface area contributed by atoms with Gasteiger partial charge in [0.05, 0.1) is 6.04 Å². The zero-order valence-electron chi connectivity index (χ0n) is 11.3. The van der Waals surface area contributed by atoms with Crippen LogP contribution in [0.15, 0.2) is 42.5 Å². The SMILES string of the molecule is Cc1ccc(C)c(CC(NN)c2cccc(Cl)c2)c1. The minimum atomic E-state index is 0.0687. The zero-order valence-corrected chi connectivity index (χ0v) is 12.0. The first-order valence-corrected chi connectivity index (χ1v) is 6.75. The molecule has 1 atom stereocenters. The summed E-state index contributed by atoms with van der Waals surface area (Å²) < 4.78 is 0. The summed E-state index contributed by atoms with van der Waals surface area (Å²) in [7, 11) is 0. The van der Waals surface area contributed by atoms with Crippen LogP contribution in [0.1, 0.15) is 28.3 Å². The normalized spacial score (nSPS) is 12.4. The van der Waals surface area contributed by atoms with E-state index in [0.29, 0.717) is 0 Å². The second-order valence-corrected chi connectivity index (χ2v) is 5.34. The lowest BCUT2D eigenvalue weighted by molar-refractivity contribution is 0.551. The molecule has 0 amide bonds. The average molecular weight is 275 g/mol. The van der Waals surface area contributed by atoms with Gasteiger partial charge in [-0.05, 0) is 49.1 Å². The van der Waals surface area contributed by atoms with E-state index in [1.165, 1.54) is 16.7 Å². The van der Waals surface area contributed by atoms with E-state index in [-0.39, 0.29) is 6.04 Å². The molecule has 0 aliphatic carbocycles. The molecule has 2 aromatic carbocycles.